The number of hydrogen-bond acceptors (Lipinski definition) is 3. The highest BCUT2D eigenvalue weighted by Crippen LogP contribution is 2.36. The van der Waals surface area contributed by atoms with Crippen molar-refractivity contribution in [2.24, 2.45) is 0 Å². The number of hydrogen-bond donors (Lipinski definition) is 2. The fraction of sp³-hybridized carbons (Fsp3) is 0.312. The van der Waals surface area contributed by atoms with Gasteiger partial charge in [-0.25, -0.2) is 0 Å². The molecule has 0 fully saturated rings. The standard InChI is InChI=1S/C16H18N2O/c19-12-16(18-11-13-6-9-17-10-7-13)8-5-14-3-1-2-4-15(14)16/h1-4,6-7,9-10,18-19H,5,8,11-12H2/t16-/m1/s1. The van der Waals surface area contributed by atoms with Crippen LogP contribution in [0.3, 0.4) is 0 Å². The first-order valence-electron chi connectivity index (χ1n) is 6.67. The average Bonchev–Trinajstić information content (AvgIpc) is 2.86. The monoisotopic (exact) mass is 254 g/mol. The van der Waals surface area contributed by atoms with Gasteiger partial charge < -0.3 is 10.4 Å². The van der Waals surface area contributed by atoms with Crippen molar-refractivity contribution < 1.29 is 5.11 Å². The zero-order valence-corrected chi connectivity index (χ0v) is 10.8. The number of aromatic nitrogens is 1. The van der Waals surface area contributed by atoms with Crippen LogP contribution in [0.5, 0.6) is 0 Å². The lowest BCUT2D eigenvalue weighted by Crippen LogP contribution is -2.43. The van der Waals surface area contributed by atoms with Crippen molar-refractivity contribution in [3.05, 3.63) is 65.5 Å². The highest BCUT2D eigenvalue weighted by Gasteiger charge is 2.37. The maximum absolute atomic E-state index is 9.87. The first kappa shape index (κ1) is 12.3. The molecule has 0 aliphatic heterocycles. The highest BCUT2D eigenvalue weighted by atomic mass is 16.3. The van der Waals surface area contributed by atoms with Crippen LogP contribution in [0.2, 0.25) is 0 Å². The van der Waals surface area contributed by atoms with Crippen LogP contribution in [-0.4, -0.2) is 16.7 Å². The lowest BCUT2D eigenvalue weighted by Gasteiger charge is -2.30. The summed E-state index contributed by atoms with van der Waals surface area (Å²) in [5.41, 5.74) is 3.48. The van der Waals surface area contributed by atoms with Gasteiger partial charge in [-0.3, -0.25) is 4.98 Å². The molecule has 98 valence electrons. The van der Waals surface area contributed by atoms with Crippen LogP contribution in [0.4, 0.5) is 0 Å². The van der Waals surface area contributed by atoms with Gasteiger partial charge in [0, 0.05) is 18.9 Å². The first-order valence-corrected chi connectivity index (χ1v) is 6.67. The van der Waals surface area contributed by atoms with E-state index in [1.54, 1.807) is 12.4 Å². The Bertz CT molecular complexity index is 556. The molecule has 3 nitrogen and oxygen atoms in total. The Morgan fingerprint density at radius 3 is 2.74 bits per heavy atom. The summed E-state index contributed by atoms with van der Waals surface area (Å²) in [6.45, 7) is 0.881. The third kappa shape index (κ3) is 2.27. The van der Waals surface area contributed by atoms with Gasteiger partial charge in [0.15, 0.2) is 0 Å². The number of nitrogens with one attached hydrogen (secondary N) is 1. The fourth-order valence-electron chi connectivity index (χ4n) is 2.86. The molecule has 1 heterocycles. The van der Waals surface area contributed by atoms with Gasteiger partial charge in [-0.1, -0.05) is 24.3 Å². The number of pyridine rings is 1. The van der Waals surface area contributed by atoms with E-state index in [1.165, 1.54) is 16.7 Å². The minimum Gasteiger partial charge on any atom is -0.394 e. The highest BCUT2D eigenvalue weighted by molar-refractivity contribution is 5.39. The largest absolute Gasteiger partial charge is 0.394 e. The van der Waals surface area contributed by atoms with Gasteiger partial charge in [-0.05, 0) is 41.7 Å². The fourth-order valence-corrected chi connectivity index (χ4v) is 2.86. The minimum absolute atomic E-state index is 0.134. The van der Waals surface area contributed by atoms with E-state index in [0.29, 0.717) is 0 Å². The van der Waals surface area contributed by atoms with E-state index in [1.807, 2.05) is 18.2 Å². The van der Waals surface area contributed by atoms with Gasteiger partial charge in [0.2, 0.25) is 0 Å². The molecule has 0 amide bonds. The molecule has 19 heavy (non-hydrogen) atoms. The van der Waals surface area contributed by atoms with E-state index in [9.17, 15) is 5.11 Å². The minimum atomic E-state index is -0.292. The molecule has 2 N–H and O–H groups in total. The molecular weight excluding hydrogens is 236 g/mol. The molecule has 2 aromatic rings. The summed E-state index contributed by atoms with van der Waals surface area (Å²) in [4.78, 5) is 4.02. The normalized spacial score (nSPS) is 21.3. The summed E-state index contributed by atoms with van der Waals surface area (Å²) in [5, 5.41) is 13.4. The van der Waals surface area contributed by atoms with Gasteiger partial charge in [0.25, 0.3) is 0 Å². The van der Waals surface area contributed by atoms with Crippen LogP contribution in [0, 0.1) is 0 Å². The number of aliphatic hydroxyl groups is 1. The van der Waals surface area contributed by atoms with Crippen molar-refractivity contribution in [1.82, 2.24) is 10.3 Å². The second kappa shape index (κ2) is 5.11. The molecule has 0 saturated heterocycles. The van der Waals surface area contributed by atoms with Crippen LogP contribution in [0.15, 0.2) is 48.8 Å². The summed E-state index contributed by atoms with van der Waals surface area (Å²) >= 11 is 0. The summed E-state index contributed by atoms with van der Waals surface area (Å²) < 4.78 is 0. The number of aryl methyl sites for hydroxylation is 1. The molecule has 3 rings (SSSR count). The first-order chi connectivity index (χ1) is 9.34. The number of benzene rings is 1. The smallest absolute Gasteiger partial charge is 0.0677 e. The Morgan fingerprint density at radius 1 is 1.16 bits per heavy atom. The Hall–Kier alpha value is -1.71. The van der Waals surface area contributed by atoms with Crippen LogP contribution >= 0.6 is 0 Å². The van der Waals surface area contributed by atoms with Gasteiger partial charge >= 0.3 is 0 Å². The Balaban J connectivity index is 1.82. The van der Waals surface area contributed by atoms with E-state index >= 15 is 0 Å². The van der Waals surface area contributed by atoms with E-state index in [-0.39, 0.29) is 12.1 Å². The third-order valence-electron chi connectivity index (χ3n) is 4.00. The van der Waals surface area contributed by atoms with Crippen LogP contribution in [-0.2, 0) is 18.5 Å². The zero-order valence-electron chi connectivity index (χ0n) is 10.8. The topological polar surface area (TPSA) is 45.1 Å². The van der Waals surface area contributed by atoms with Crippen molar-refractivity contribution in [2.75, 3.05) is 6.61 Å². The number of rotatable bonds is 4. The molecular formula is C16H18N2O. The van der Waals surface area contributed by atoms with Gasteiger partial charge in [-0.15, -0.1) is 0 Å². The Kier molecular flexibility index (Phi) is 3.32. The van der Waals surface area contributed by atoms with E-state index in [4.69, 9.17) is 0 Å². The lowest BCUT2D eigenvalue weighted by molar-refractivity contribution is 0.159. The van der Waals surface area contributed by atoms with Gasteiger partial charge in [0.1, 0.15) is 0 Å². The predicted molar refractivity (Wildman–Crippen MR) is 74.6 cm³/mol. The van der Waals surface area contributed by atoms with Crippen molar-refractivity contribution in [2.45, 2.75) is 24.9 Å². The maximum atomic E-state index is 9.87. The summed E-state index contributed by atoms with van der Waals surface area (Å²) in [6.07, 6.45) is 5.57. The maximum Gasteiger partial charge on any atom is 0.0677 e. The van der Waals surface area contributed by atoms with Crippen molar-refractivity contribution in [3.63, 3.8) is 0 Å². The molecule has 3 heteroatoms. The number of fused-ring (bicyclic) bond motifs is 1. The van der Waals surface area contributed by atoms with Crippen molar-refractivity contribution >= 4 is 0 Å². The molecule has 0 radical (unpaired) electrons. The third-order valence-corrected chi connectivity index (χ3v) is 4.00. The average molecular weight is 254 g/mol. The van der Waals surface area contributed by atoms with E-state index in [2.05, 4.69) is 28.5 Å². The van der Waals surface area contributed by atoms with Crippen molar-refractivity contribution in [3.8, 4) is 0 Å². The molecule has 1 aliphatic carbocycles. The molecule has 0 spiro atoms. The molecule has 0 unspecified atom stereocenters. The van der Waals surface area contributed by atoms with Crippen molar-refractivity contribution in [1.29, 1.82) is 0 Å². The summed E-state index contributed by atoms with van der Waals surface area (Å²) in [6, 6.07) is 12.4. The molecule has 1 atom stereocenters. The van der Waals surface area contributed by atoms with Gasteiger partial charge in [0.05, 0.1) is 12.1 Å². The van der Waals surface area contributed by atoms with E-state index in [0.717, 1.165) is 19.4 Å². The van der Waals surface area contributed by atoms with Gasteiger partial charge in [-0.2, -0.15) is 0 Å². The summed E-state index contributed by atoms with van der Waals surface area (Å²) in [7, 11) is 0. The number of nitrogens with zero attached hydrogens (tertiary/aromatic N) is 1. The molecule has 1 aliphatic rings. The van der Waals surface area contributed by atoms with Crippen LogP contribution in [0.1, 0.15) is 23.1 Å². The summed E-state index contributed by atoms with van der Waals surface area (Å²) in [5.74, 6) is 0. The SMILES string of the molecule is OC[C@]1(NCc2ccncc2)CCc2ccccc21. The molecule has 1 aromatic heterocycles. The molecule has 1 aromatic carbocycles. The Morgan fingerprint density at radius 2 is 1.95 bits per heavy atom. The van der Waals surface area contributed by atoms with Crippen LogP contribution in [0.25, 0.3) is 0 Å². The number of aliphatic hydroxyl groups excluding tert-OH is 1. The quantitative estimate of drug-likeness (QED) is 0.877. The van der Waals surface area contributed by atoms with Crippen LogP contribution < -0.4 is 5.32 Å². The predicted octanol–water partition coefficient (Wildman–Crippen LogP) is 2.01. The molecule has 0 saturated carbocycles. The lowest BCUT2D eigenvalue weighted by atomic mass is 9.92. The zero-order chi connectivity index (χ0) is 13.1. The second-order valence-electron chi connectivity index (χ2n) is 5.11. The Labute approximate surface area is 113 Å². The molecule has 0 bridgehead atoms. The van der Waals surface area contributed by atoms with E-state index < -0.39 is 0 Å². The second-order valence-corrected chi connectivity index (χ2v) is 5.11.